The molecule has 0 saturated carbocycles. The van der Waals surface area contributed by atoms with E-state index in [2.05, 4.69) is 10.6 Å². The third kappa shape index (κ3) is 4.18. The second-order valence-corrected chi connectivity index (χ2v) is 5.36. The van der Waals surface area contributed by atoms with Gasteiger partial charge >= 0.3 is 12.0 Å². The first kappa shape index (κ1) is 15.9. The highest BCUT2D eigenvalue weighted by atomic mass is 19.1. The molecule has 0 unspecified atom stereocenters. The van der Waals surface area contributed by atoms with Crippen LogP contribution in [0, 0.1) is 17.0 Å². The van der Waals surface area contributed by atoms with Gasteiger partial charge in [-0.15, -0.1) is 0 Å². The van der Waals surface area contributed by atoms with Gasteiger partial charge < -0.3 is 15.7 Å². The molecular weight excluding hydrogens is 270 g/mol. The maximum Gasteiger partial charge on any atom is 0.326 e. The summed E-state index contributed by atoms with van der Waals surface area (Å²) >= 11 is 0. The number of urea groups is 1. The third-order valence-electron chi connectivity index (χ3n) is 2.57. The number of amides is 2. The van der Waals surface area contributed by atoms with E-state index in [-0.39, 0.29) is 5.69 Å². The van der Waals surface area contributed by atoms with Crippen molar-refractivity contribution in [1.29, 1.82) is 0 Å². The number of carboxylic acid groups (broad SMARTS) is 1. The minimum atomic E-state index is -1.20. The van der Waals surface area contributed by atoms with Crippen LogP contribution in [0.15, 0.2) is 18.2 Å². The third-order valence-corrected chi connectivity index (χ3v) is 2.57. The Bertz CT molecular complexity index is 527. The van der Waals surface area contributed by atoms with Gasteiger partial charge in [-0.2, -0.15) is 0 Å². The average molecular weight is 286 g/mol. The van der Waals surface area contributed by atoms with E-state index in [1.165, 1.54) is 0 Å². The molecule has 0 aliphatic heterocycles. The van der Waals surface area contributed by atoms with Crippen molar-refractivity contribution in [3.8, 4) is 0 Å². The van der Waals surface area contributed by atoms with E-state index in [9.17, 15) is 18.4 Å². The molecule has 0 fully saturated rings. The first-order chi connectivity index (χ1) is 9.11. The summed E-state index contributed by atoms with van der Waals surface area (Å²) in [6.45, 7) is 4.93. The van der Waals surface area contributed by atoms with E-state index in [1.807, 2.05) is 0 Å². The number of halogens is 2. The summed E-state index contributed by atoms with van der Waals surface area (Å²) in [5.41, 5.74) is -0.952. The van der Waals surface area contributed by atoms with E-state index in [1.54, 1.807) is 20.8 Å². The summed E-state index contributed by atoms with van der Waals surface area (Å²) in [6.07, 6.45) is 0. The molecule has 7 heteroatoms. The normalized spacial score (nSPS) is 12.7. The van der Waals surface area contributed by atoms with Gasteiger partial charge in [0.1, 0.15) is 17.7 Å². The first-order valence-corrected chi connectivity index (χ1v) is 5.86. The molecule has 0 radical (unpaired) electrons. The lowest BCUT2D eigenvalue weighted by molar-refractivity contribution is -0.141. The zero-order chi connectivity index (χ0) is 15.5. The number of hydrogen-bond acceptors (Lipinski definition) is 2. The highest BCUT2D eigenvalue weighted by Gasteiger charge is 2.32. The number of hydrogen-bond donors (Lipinski definition) is 3. The number of aliphatic carboxylic acids is 1. The van der Waals surface area contributed by atoms with Crippen molar-refractivity contribution < 1.29 is 23.5 Å². The summed E-state index contributed by atoms with van der Waals surface area (Å²) in [6, 6.07) is 0.631. The standard InChI is InChI=1S/C13H16F2N2O3/c1-13(2,3)10(11(18)19)17-12(20)16-9-5-4-7(14)6-8(9)15/h4-6,10H,1-3H3,(H,18,19)(H2,16,17,20)/t10-/m1/s1. The summed E-state index contributed by atoms with van der Waals surface area (Å²) < 4.78 is 26.1. The molecule has 110 valence electrons. The molecule has 1 aromatic carbocycles. The fourth-order valence-corrected chi connectivity index (χ4v) is 1.53. The van der Waals surface area contributed by atoms with Crippen LogP contribution in [0.25, 0.3) is 0 Å². The Labute approximate surface area is 115 Å². The minimum absolute atomic E-state index is 0.234. The fraction of sp³-hybridized carbons (Fsp3) is 0.385. The van der Waals surface area contributed by atoms with Crippen LogP contribution in [-0.4, -0.2) is 23.1 Å². The van der Waals surface area contributed by atoms with Crippen molar-refractivity contribution in [3.05, 3.63) is 29.8 Å². The van der Waals surface area contributed by atoms with E-state index < -0.39 is 35.1 Å². The molecular formula is C13H16F2N2O3. The molecule has 1 rings (SSSR count). The van der Waals surface area contributed by atoms with Crippen molar-refractivity contribution in [1.82, 2.24) is 5.32 Å². The van der Waals surface area contributed by atoms with Crippen LogP contribution in [0.4, 0.5) is 19.3 Å². The Kier molecular flexibility index (Phi) is 4.65. The number of carbonyl (C=O) groups excluding carboxylic acids is 1. The molecule has 20 heavy (non-hydrogen) atoms. The van der Waals surface area contributed by atoms with Gasteiger partial charge in [0.15, 0.2) is 0 Å². The lowest BCUT2D eigenvalue weighted by Crippen LogP contribution is -2.50. The summed E-state index contributed by atoms with van der Waals surface area (Å²) in [5.74, 6) is -2.92. The predicted molar refractivity (Wildman–Crippen MR) is 69.4 cm³/mol. The van der Waals surface area contributed by atoms with Gasteiger partial charge in [0.05, 0.1) is 5.69 Å². The Balaban J connectivity index is 2.79. The average Bonchev–Trinajstić information content (AvgIpc) is 2.28. The van der Waals surface area contributed by atoms with Gasteiger partial charge in [0, 0.05) is 6.07 Å². The molecule has 1 aromatic rings. The largest absolute Gasteiger partial charge is 0.480 e. The molecule has 1 atom stereocenters. The van der Waals surface area contributed by atoms with Crippen molar-refractivity contribution in [2.75, 3.05) is 5.32 Å². The number of anilines is 1. The van der Waals surface area contributed by atoms with Crippen molar-refractivity contribution in [2.45, 2.75) is 26.8 Å². The molecule has 0 spiro atoms. The number of carbonyl (C=O) groups is 2. The molecule has 0 heterocycles. The zero-order valence-electron chi connectivity index (χ0n) is 11.3. The van der Waals surface area contributed by atoms with Gasteiger partial charge in [-0.05, 0) is 17.5 Å². The molecule has 3 N–H and O–H groups in total. The van der Waals surface area contributed by atoms with Gasteiger partial charge in [-0.25, -0.2) is 18.4 Å². The lowest BCUT2D eigenvalue weighted by atomic mass is 9.87. The van der Waals surface area contributed by atoms with Crippen molar-refractivity contribution >= 4 is 17.7 Å². The number of carboxylic acids is 1. The van der Waals surface area contributed by atoms with Crippen LogP contribution in [0.3, 0.4) is 0 Å². The first-order valence-electron chi connectivity index (χ1n) is 5.86. The maximum absolute atomic E-state index is 13.3. The zero-order valence-corrected chi connectivity index (χ0v) is 11.3. The number of benzene rings is 1. The Hall–Kier alpha value is -2.18. The van der Waals surface area contributed by atoms with Crippen LogP contribution >= 0.6 is 0 Å². The van der Waals surface area contributed by atoms with E-state index >= 15 is 0 Å². The predicted octanol–water partition coefficient (Wildman–Crippen LogP) is 2.59. The summed E-state index contributed by atoms with van der Waals surface area (Å²) in [7, 11) is 0. The molecule has 0 aliphatic rings. The Morgan fingerprint density at radius 3 is 2.30 bits per heavy atom. The SMILES string of the molecule is CC(C)(C)[C@H](NC(=O)Nc1ccc(F)cc1F)C(=O)O. The lowest BCUT2D eigenvalue weighted by Gasteiger charge is -2.27. The smallest absolute Gasteiger partial charge is 0.326 e. The topological polar surface area (TPSA) is 78.4 Å². The van der Waals surface area contributed by atoms with Crippen LogP contribution < -0.4 is 10.6 Å². The van der Waals surface area contributed by atoms with Gasteiger partial charge in [0.2, 0.25) is 0 Å². The van der Waals surface area contributed by atoms with Crippen molar-refractivity contribution in [3.63, 3.8) is 0 Å². The monoisotopic (exact) mass is 286 g/mol. The maximum atomic E-state index is 13.3. The molecule has 2 amide bonds. The summed E-state index contributed by atoms with van der Waals surface area (Å²) in [5, 5.41) is 13.4. The molecule has 0 aliphatic carbocycles. The van der Waals surface area contributed by atoms with Crippen molar-refractivity contribution in [2.24, 2.45) is 5.41 Å². The highest BCUT2D eigenvalue weighted by Crippen LogP contribution is 2.20. The summed E-state index contributed by atoms with van der Waals surface area (Å²) in [4.78, 5) is 22.7. The van der Waals surface area contributed by atoms with E-state index in [4.69, 9.17) is 5.11 Å². The van der Waals surface area contributed by atoms with E-state index in [0.29, 0.717) is 6.07 Å². The molecule has 0 aromatic heterocycles. The van der Waals surface area contributed by atoms with Gasteiger partial charge in [-0.1, -0.05) is 20.8 Å². The van der Waals surface area contributed by atoms with Crippen LogP contribution in [-0.2, 0) is 4.79 Å². The number of nitrogens with one attached hydrogen (secondary N) is 2. The highest BCUT2D eigenvalue weighted by molar-refractivity contribution is 5.92. The Morgan fingerprint density at radius 2 is 1.85 bits per heavy atom. The molecule has 0 saturated heterocycles. The minimum Gasteiger partial charge on any atom is -0.480 e. The quantitative estimate of drug-likeness (QED) is 0.799. The molecule has 5 nitrogen and oxygen atoms in total. The van der Waals surface area contributed by atoms with Crippen LogP contribution in [0.2, 0.25) is 0 Å². The van der Waals surface area contributed by atoms with Crippen LogP contribution in [0.5, 0.6) is 0 Å². The van der Waals surface area contributed by atoms with Gasteiger partial charge in [-0.3, -0.25) is 0 Å². The second-order valence-electron chi connectivity index (χ2n) is 5.36. The van der Waals surface area contributed by atoms with E-state index in [0.717, 1.165) is 12.1 Å². The second kappa shape index (κ2) is 5.85. The Morgan fingerprint density at radius 1 is 1.25 bits per heavy atom. The van der Waals surface area contributed by atoms with Crippen LogP contribution in [0.1, 0.15) is 20.8 Å². The molecule has 0 bridgehead atoms. The van der Waals surface area contributed by atoms with Gasteiger partial charge in [0.25, 0.3) is 0 Å². The fourth-order valence-electron chi connectivity index (χ4n) is 1.53. The number of rotatable bonds is 3.